The molecule has 0 unspecified atom stereocenters. The molecule has 2 heterocycles. The molecule has 196 valence electrons. The Hall–Kier alpha value is -4.48. The number of carbonyl (C=O) groups is 4. The van der Waals surface area contributed by atoms with E-state index in [1.54, 1.807) is 12.1 Å². The van der Waals surface area contributed by atoms with Gasteiger partial charge in [-0.2, -0.15) is 0 Å². The summed E-state index contributed by atoms with van der Waals surface area (Å²) in [4.78, 5) is 52.8. The maximum atomic E-state index is 13.4. The zero-order chi connectivity index (χ0) is 26.9. The highest BCUT2D eigenvalue weighted by Gasteiger charge is 2.48. The maximum Gasteiger partial charge on any atom is 0.344 e. The fourth-order valence-electron chi connectivity index (χ4n) is 4.52. The van der Waals surface area contributed by atoms with Crippen molar-refractivity contribution in [2.24, 2.45) is 0 Å². The number of nitrogens with one attached hydrogen (secondary N) is 1. The number of benzene rings is 2. The van der Waals surface area contributed by atoms with Crippen molar-refractivity contribution < 1.29 is 47.6 Å². The molecule has 2 aromatic carbocycles. The summed E-state index contributed by atoms with van der Waals surface area (Å²) in [5, 5.41) is 2.69. The Labute approximate surface area is 212 Å². The molecule has 12 nitrogen and oxygen atoms in total. The van der Waals surface area contributed by atoms with Crippen molar-refractivity contribution in [2.75, 3.05) is 40.9 Å². The van der Waals surface area contributed by atoms with Gasteiger partial charge in [0.25, 0.3) is 0 Å². The predicted octanol–water partition coefficient (Wildman–Crippen LogP) is 2.31. The molecule has 0 radical (unpaired) electrons. The molecule has 1 fully saturated rings. The molecule has 2 aliphatic rings. The number of nitrogens with zero attached hydrogens (tertiary/aromatic N) is 1. The molecule has 0 aromatic heterocycles. The van der Waals surface area contributed by atoms with E-state index in [9.17, 15) is 19.2 Å². The Bertz CT molecular complexity index is 1270. The first-order chi connectivity index (χ1) is 17.8. The van der Waals surface area contributed by atoms with Crippen LogP contribution in [0.4, 0.5) is 5.69 Å². The smallest absolute Gasteiger partial charge is 0.344 e. The molecular weight excluding hydrogens is 488 g/mol. The molecule has 1 saturated heterocycles. The SMILES string of the molecule is COC(=O)c1cc(OC)c(OC)cc1NC(=O)[C@H]1CCC(=O)N1[C@H]1OC(=O)c2c1ccc(OC)c2OC. The van der Waals surface area contributed by atoms with Crippen LogP contribution in [0.1, 0.15) is 45.3 Å². The van der Waals surface area contributed by atoms with Gasteiger partial charge in [0.05, 0.1) is 46.8 Å². The average Bonchev–Trinajstić information content (AvgIpc) is 3.46. The van der Waals surface area contributed by atoms with Crippen molar-refractivity contribution in [3.63, 3.8) is 0 Å². The van der Waals surface area contributed by atoms with Crippen molar-refractivity contribution in [3.8, 4) is 23.0 Å². The topological polar surface area (TPSA) is 139 Å². The van der Waals surface area contributed by atoms with Gasteiger partial charge in [-0.05, 0) is 18.6 Å². The van der Waals surface area contributed by atoms with Gasteiger partial charge < -0.3 is 33.7 Å². The Morgan fingerprint density at radius 3 is 2.24 bits per heavy atom. The van der Waals surface area contributed by atoms with Crippen LogP contribution < -0.4 is 24.3 Å². The summed E-state index contributed by atoms with van der Waals surface area (Å²) in [7, 11) is 6.84. The van der Waals surface area contributed by atoms with Gasteiger partial charge in [-0.25, -0.2) is 9.59 Å². The molecule has 0 spiro atoms. The van der Waals surface area contributed by atoms with Crippen LogP contribution in [-0.2, 0) is 19.1 Å². The third-order valence-corrected chi connectivity index (χ3v) is 6.26. The number of amides is 2. The number of methoxy groups -OCH3 is 5. The normalized spacial score (nSPS) is 18.1. The lowest BCUT2D eigenvalue weighted by atomic mass is 10.0. The lowest BCUT2D eigenvalue weighted by Crippen LogP contribution is -2.44. The standard InChI is InChI=1S/C25H26N2O10/c1-32-16-8-6-12-20(21(16)35-4)25(31)37-23(12)27-15(7-9-19(27)28)22(29)26-14-11-18(34-3)17(33-2)10-13(14)24(30)36-5/h6,8,10-11,15,23H,7,9H2,1-5H3,(H,26,29)/t15-,23+/m1/s1. The van der Waals surface area contributed by atoms with E-state index in [1.807, 2.05) is 0 Å². The Morgan fingerprint density at radius 1 is 0.946 bits per heavy atom. The van der Waals surface area contributed by atoms with Gasteiger partial charge in [-0.1, -0.05) is 0 Å². The molecule has 12 heteroatoms. The molecule has 2 aromatic rings. The Morgan fingerprint density at radius 2 is 1.62 bits per heavy atom. The summed E-state index contributed by atoms with van der Waals surface area (Å²) in [6, 6.07) is 4.99. The summed E-state index contributed by atoms with van der Waals surface area (Å²) >= 11 is 0. The van der Waals surface area contributed by atoms with Gasteiger partial charge in [0.15, 0.2) is 23.0 Å². The van der Waals surface area contributed by atoms with E-state index in [0.717, 1.165) is 0 Å². The second-order valence-corrected chi connectivity index (χ2v) is 8.11. The van der Waals surface area contributed by atoms with Crippen LogP contribution in [-0.4, -0.2) is 70.2 Å². The lowest BCUT2D eigenvalue weighted by molar-refractivity contribution is -0.144. The first kappa shape index (κ1) is 25.6. The zero-order valence-corrected chi connectivity index (χ0v) is 20.9. The van der Waals surface area contributed by atoms with E-state index < -0.39 is 30.1 Å². The maximum absolute atomic E-state index is 13.4. The number of rotatable bonds is 8. The Balaban J connectivity index is 1.69. The molecule has 0 bridgehead atoms. The minimum absolute atomic E-state index is 0.0267. The first-order valence-corrected chi connectivity index (χ1v) is 11.2. The van der Waals surface area contributed by atoms with Crippen LogP contribution in [0.15, 0.2) is 24.3 Å². The molecule has 37 heavy (non-hydrogen) atoms. The fraction of sp³-hybridized carbons (Fsp3) is 0.360. The summed E-state index contributed by atoms with van der Waals surface area (Å²) < 4.78 is 31.5. The number of hydrogen-bond acceptors (Lipinski definition) is 10. The predicted molar refractivity (Wildman–Crippen MR) is 127 cm³/mol. The van der Waals surface area contributed by atoms with Crippen molar-refractivity contribution in [1.29, 1.82) is 0 Å². The van der Waals surface area contributed by atoms with Crippen LogP contribution in [0.3, 0.4) is 0 Å². The number of carbonyl (C=O) groups excluding carboxylic acids is 4. The molecule has 4 rings (SSSR count). The van der Waals surface area contributed by atoms with Crippen LogP contribution in [0.2, 0.25) is 0 Å². The lowest BCUT2D eigenvalue weighted by Gasteiger charge is -2.29. The highest BCUT2D eigenvalue weighted by atomic mass is 16.6. The molecule has 2 atom stereocenters. The van der Waals surface area contributed by atoms with E-state index in [1.165, 1.54) is 52.6 Å². The van der Waals surface area contributed by atoms with Gasteiger partial charge in [-0.3, -0.25) is 14.5 Å². The molecule has 2 amide bonds. The quantitative estimate of drug-likeness (QED) is 0.522. The Kier molecular flexibility index (Phi) is 7.09. The molecule has 1 N–H and O–H groups in total. The van der Waals surface area contributed by atoms with E-state index in [0.29, 0.717) is 11.3 Å². The van der Waals surface area contributed by atoms with Crippen molar-refractivity contribution in [3.05, 3.63) is 41.0 Å². The number of ether oxygens (including phenoxy) is 6. The van der Waals surface area contributed by atoms with Gasteiger partial charge in [-0.15, -0.1) is 0 Å². The second kappa shape index (κ2) is 10.2. The number of hydrogen-bond donors (Lipinski definition) is 1. The van der Waals surface area contributed by atoms with E-state index in [4.69, 9.17) is 28.4 Å². The number of fused-ring (bicyclic) bond motifs is 1. The minimum Gasteiger partial charge on any atom is -0.493 e. The fourth-order valence-corrected chi connectivity index (χ4v) is 4.52. The first-order valence-electron chi connectivity index (χ1n) is 11.2. The van der Waals surface area contributed by atoms with Gasteiger partial charge >= 0.3 is 11.9 Å². The molecule has 0 saturated carbocycles. The third kappa shape index (κ3) is 4.34. The van der Waals surface area contributed by atoms with Crippen LogP contribution >= 0.6 is 0 Å². The van der Waals surface area contributed by atoms with Gasteiger partial charge in [0, 0.05) is 24.1 Å². The minimum atomic E-state index is -1.14. The van der Waals surface area contributed by atoms with Crippen molar-refractivity contribution in [1.82, 2.24) is 4.90 Å². The van der Waals surface area contributed by atoms with E-state index >= 15 is 0 Å². The summed E-state index contributed by atoms with van der Waals surface area (Å²) in [5.74, 6) is -1.35. The third-order valence-electron chi connectivity index (χ3n) is 6.26. The number of cyclic esters (lactones) is 1. The molecule has 2 aliphatic heterocycles. The number of esters is 2. The van der Waals surface area contributed by atoms with Crippen molar-refractivity contribution in [2.45, 2.75) is 25.1 Å². The molecular formula is C25H26N2O10. The monoisotopic (exact) mass is 514 g/mol. The summed E-state index contributed by atoms with van der Waals surface area (Å²) in [6.07, 6.45) is -0.911. The number of anilines is 1. The van der Waals surface area contributed by atoms with Crippen LogP contribution in [0.5, 0.6) is 23.0 Å². The highest BCUT2D eigenvalue weighted by Crippen LogP contribution is 2.45. The van der Waals surface area contributed by atoms with E-state index in [2.05, 4.69) is 5.32 Å². The zero-order valence-electron chi connectivity index (χ0n) is 20.9. The number of likely N-dealkylation sites (tertiary alicyclic amines) is 1. The van der Waals surface area contributed by atoms with Crippen LogP contribution in [0.25, 0.3) is 0 Å². The van der Waals surface area contributed by atoms with Gasteiger partial charge in [0.2, 0.25) is 18.0 Å². The highest BCUT2D eigenvalue weighted by molar-refractivity contribution is 6.05. The van der Waals surface area contributed by atoms with Crippen molar-refractivity contribution >= 4 is 29.4 Å². The largest absolute Gasteiger partial charge is 0.493 e. The van der Waals surface area contributed by atoms with E-state index in [-0.39, 0.29) is 52.8 Å². The van der Waals surface area contributed by atoms with Crippen LogP contribution in [0, 0.1) is 0 Å². The van der Waals surface area contributed by atoms with Gasteiger partial charge in [0.1, 0.15) is 11.6 Å². The second-order valence-electron chi connectivity index (χ2n) is 8.11. The summed E-state index contributed by atoms with van der Waals surface area (Å²) in [5.41, 5.74) is 0.624. The molecule has 0 aliphatic carbocycles. The average molecular weight is 514 g/mol. The summed E-state index contributed by atoms with van der Waals surface area (Å²) in [6.45, 7) is 0.